The summed E-state index contributed by atoms with van der Waals surface area (Å²) in [6.45, 7) is 2.15. The molecule has 0 aliphatic carbocycles. The van der Waals surface area contributed by atoms with E-state index in [0.29, 0.717) is 19.4 Å². The van der Waals surface area contributed by atoms with Crippen molar-refractivity contribution in [2.24, 2.45) is 0 Å². The summed E-state index contributed by atoms with van der Waals surface area (Å²) >= 11 is 0. The summed E-state index contributed by atoms with van der Waals surface area (Å²) in [5, 5.41) is 6.74. The van der Waals surface area contributed by atoms with Gasteiger partial charge in [0, 0.05) is 30.1 Å². The lowest BCUT2D eigenvalue weighted by atomic mass is 10.1. The minimum Gasteiger partial charge on any atom is -0.361 e. The van der Waals surface area contributed by atoms with E-state index >= 15 is 0 Å². The van der Waals surface area contributed by atoms with Gasteiger partial charge in [0.1, 0.15) is 6.04 Å². The van der Waals surface area contributed by atoms with Gasteiger partial charge < -0.3 is 15.6 Å². The molecule has 0 aliphatic heterocycles. The van der Waals surface area contributed by atoms with Gasteiger partial charge in [-0.05, 0) is 30.5 Å². The van der Waals surface area contributed by atoms with E-state index in [4.69, 9.17) is 0 Å². The first-order valence-corrected chi connectivity index (χ1v) is 8.79. The molecule has 0 spiro atoms. The largest absolute Gasteiger partial charge is 0.361 e. The molecular weight excluding hydrogens is 326 g/mol. The molecule has 0 unspecified atom stereocenters. The highest BCUT2D eigenvalue weighted by Crippen LogP contribution is 2.18. The van der Waals surface area contributed by atoms with Crippen molar-refractivity contribution in [3.8, 4) is 0 Å². The van der Waals surface area contributed by atoms with Gasteiger partial charge in [0.2, 0.25) is 11.8 Å². The van der Waals surface area contributed by atoms with Gasteiger partial charge in [-0.2, -0.15) is 0 Å². The third-order valence-electron chi connectivity index (χ3n) is 4.38. The summed E-state index contributed by atoms with van der Waals surface area (Å²) in [7, 11) is 0. The second-order valence-corrected chi connectivity index (χ2v) is 6.35. The molecule has 1 heterocycles. The number of rotatable bonds is 7. The molecule has 26 heavy (non-hydrogen) atoms. The fraction of sp³-hybridized carbons (Fsp3) is 0.238. The molecule has 3 N–H and O–H groups in total. The fourth-order valence-electron chi connectivity index (χ4n) is 2.90. The van der Waals surface area contributed by atoms with E-state index in [0.717, 1.165) is 22.0 Å². The molecule has 3 aromatic rings. The van der Waals surface area contributed by atoms with E-state index in [9.17, 15) is 9.59 Å². The van der Waals surface area contributed by atoms with Gasteiger partial charge in [-0.25, -0.2) is 0 Å². The van der Waals surface area contributed by atoms with Gasteiger partial charge in [0.05, 0.1) is 0 Å². The van der Waals surface area contributed by atoms with Crippen LogP contribution in [-0.4, -0.2) is 22.8 Å². The summed E-state index contributed by atoms with van der Waals surface area (Å²) in [4.78, 5) is 27.5. The zero-order valence-electron chi connectivity index (χ0n) is 14.8. The number of carbonyl (C=O) groups is 2. The Morgan fingerprint density at radius 1 is 1.04 bits per heavy atom. The minimum atomic E-state index is -0.561. The van der Waals surface area contributed by atoms with Gasteiger partial charge in [-0.3, -0.25) is 9.59 Å². The molecule has 5 heteroatoms. The SMILES string of the molecule is C[C@@H](NC(=O)CCc1c[nH]c2ccccc12)C(=O)NCc1ccccc1. The summed E-state index contributed by atoms with van der Waals surface area (Å²) in [6.07, 6.45) is 2.92. The monoisotopic (exact) mass is 349 g/mol. The van der Waals surface area contributed by atoms with Crippen LogP contribution in [0.15, 0.2) is 60.8 Å². The van der Waals surface area contributed by atoms with Crippen molar-refractivity contribution in [3.05, 3.63) is 71.9 Å². The van der Waals surface area contributed by atoms with Crippen LogP contribution in [0.5, 0.6) is 0 Å². The number of aryl methyl sites for hydroxylation is 1. The van der Waals surface area contributed by atoms with Crippen molar-refractivity contribution in [2.45, 2.75) is 32.4 Å². The maximum atomic E-state index is 12.2. The van der Waals surface area contributed by atoms with Crippen LogP contribution in [0, 0.1) is 0 Å². The first kappa shape index (κ1) is 17.7. The van der Waals surface area contributed by atoms with Crippen molar-refractivity contribution >= 4 is 22.7 Å². The number of amides is 2. The summed E-state index contributed by atoms with van der Waals surface area (Å²) in [6, 6.07) is 17.1. The third-order valence-corrected chi connectivity index (χ3v) is 4.38. The molecule has 0 bridgehead atoms. The highest BCUT2D eigenvalue weighted by atomic mass is 16.2. The van der Waals surface area contributed by atoms with Gasteiger partial charge >= 0.3 is 0 Å². The molecule has 1 aromatic heterocycles. The van der Waals surface area contributed by atoms with Crippen molar-refractivity contribution in [2.75, 3.05) is 0 Å². The Labute approximate surface area is 152 Å². The smallest absolute Gasteiger partial charge is 0.242 e. The predicted octanol–water partition coefficient (Wildman–Crippen LogP) is 2.92. The first-order chi connectivity index (χ1) is 12.6. The zero-order chi connectivity index (χ0) is 18.4. The van der Waals surface area contributed by atoms with Crippen molar-refractivity contribution < 1.29 is 9.59 Å². The van der Waals surface area contributed by atoms with E-state index in [1.807, 2.05) is 60.8 Å². The number of para-hydroxylation sites is 1. The lowest BCUT2D eigenvalue weighted by molar-refractivity contribution is -0.128. The van der Waals surface area contributed by atoms with Crippen molar-refractivity contribution in [1.82, 2.24) is 15.6 Å². The van der Waals surface area contributed by atoms with Crippen LogP contribution in [0.2, 0.25) is 0 Å². The van der Waals surface area contributed by atoms with E-state index in [2.05, 4.69) is 15.6 Å². The highest BCUT2D eigenvalue weighted by Gasteiger charge is 2.15. The molecule has 2 aromatic carbocycles. The molecule has 0 fully saturated rings. The average molecular weight is 349 g/mol. The molecular formula is C21H23N3O2. The summed E-state index contributed by atoms with van der Waals surface area (Å²) in [5.41, 5.74) is 3.20. The number of H-pyrrole nitrogens is 1. The number of fused-ring (bicyclic) bond motifs is 1. The first-order valence-electron chi connectivity index (χ1n) is 8.79. The molecule has 2 amide bonds. The number of aromatic nitrogens is 1. The fourth-order valence-corrected chi connectivity index (χ4v) is 2.90. The molecule has 134 valence electrons. The van der Waals surface area contributed by atoms with Crippen molar-refractivity contribution in [1.29, 1.82) is 0 Å². The molecule has 1 atom stereocenters. The maximum Gasteiger partial charge on any atom is 0.242 e. The number of hydrogen-bond donors (Lipinski definition) is 3. The lowest BCUT2D eigenvalue weighted by Gasteiger charge is -2.14. The van der Waals surface area contributed by atoms with Crippen LogP contribution in [-0.2, 0) is 22.6 Å². The van der Waals surface area contributed by atoms with Crippen LogP contribution in [0.1, 0.15) is 24.5 Å². The van der Waals surface area contributed by atoms with Gasteiger partial charge in [-0.15, -0.1) is 0 Å². The number of nitrogens with one attached hydrogen (secondary N) is 3. The normalized spacial score (nSPS) is 11.9. The highest BCUT2D eigenvalue weighted by molar-refractivity contribution is 5.88. The van der Waals surface area contributed by atoms with E-state index in [1.54, 1.807) is 6.92 Å². The molecule has 0 saturated carbocycles. The Bertz CT molecular complexity index is 886. The van der Waals surface area contributed by atoms with Crippen LogP contribution in [0.3, 0.4) is 0 Å². The van der Waals surface area contributed by atoms with Crippen LogP contribution in [0.25, 0.3) is 10.9 Å². The summed E-state index contributed by atoms with van der Waals surface area (Å²) in [5.74, 6) is -0.313. The average Bonchev–Trinajstić information content (AvgIpc) is 3.08. The van der Waals surface area contributed by atoms with Crippen LogP contribution >= 0.6 is 0 Å². The Hall–Kier alpha value is -3.08. The molecule has 3 rings (SSSR count). The number of hydrogen-bond acceptors (Lipinski definition) is 2. The Kier molecular flexibility index (Phi) is 5.69. The van der Waals surface area contributed by atoms with Gasteiger partial charge in [0.15, 0.2) is 0 Å². The third kappa shape index (κ3) is 4.51. The van der Waals surface area contributed by atoms with E-state index in [-0.39, 0.29) is 11.8 Å². The summed E-state index contributed by atoms with van der Waals surface area (Å²) < 4.78 is 0. The number of carbonyl (C=O) groups excluding carboxylic acids is 2. The van der Waals surface area contributed by atoms with E-state index < -0.39 is 6.04 Å². The standard InChI is InChI=1S/C21H23N3O2/c1-15(21(26)23-13-16-7-3-2-4-8-16)24-20(25)12-11-17-14-22-19-10-6-5-9-18(17)19/h2-10,14-15,22H,11-13H2,1H3,(H,23,26)(H,24,25)/t15-/m1/s1. The Morgan fingerprint density at radius 2 is 1.77 bits per heavy atom. The van der Waals surface area contributed by atoms with Gasteiger partial charge in [-0.1, -0.05) is 48.5 Å². The van der Waals surface area contributed by atoms with E-state index in [1.165, 1.54) is 0 Å². The Balaban J connectivity index is 1.45. The minimum absolute atomic E-state index is 0.127. The Morgan fingerprint density at radius 3 is 2.58 bits per heavy atom. The second kappa shape index (κ2) is 8.34. The topological polar surface area (TPSA) is 74.0 Å². The molecule has 5 nitrogen and oxygen atoms in total. The van der Waals surface area contributed by atoms with Crippen LogP contribution in [0.4, 0.5) is 0 Å². The molecule has 0 saturated heterocycles. The molecule has 0 radical (unpaired) electrons. The second-order valence-electron chi connectivity index (χ2n) is 6.35. The quantitative estimate of drug-likeness (QED) is 0.613. The van der Waals surface area contributed by atoms with Crippen LogP contribution < -0.4 is 10.6 Å². The number of benzene rings is 2. The molecule has 0 aliphatic rings. The lowest BCUT2D eigenvalue weighted by Crippen LogP contribution is -2.44. The van der Waals surface area contributed by atoms with Gasteiger partial charge in [0.25, 0.3) is 0 Å². The zero-order valence-corrected chi connectivity index (χ0v) is 14.8. The predicted molar refractivity (Wildman–Crippen MR) is 103 cm³/mol. The maximum absolute atomic E-state index is 12.2. The number of aromatic amines is 1. The van der Waals surface area contributed by atoms with Crippen molar-refractivity contribution in [3.63, 3.8) is 0 Å².